The molecule has 70 valence electrons. The first kappa shape index (κ1) is 8.70. The molecular weight excluding hydrogens is 162 g/mol. The lowest BCUT2D eigenvalue weighted by molar-refractivity contribution is 0.0103. The highest BCUT2D eigenvalue weighted by Gasteiger charge is 2.33. The minimum Gasteiger partial charge on any atom is -0.384 e. The van der Waals surface area contributed by atoms with Crippen molar-refractivity contribution in [2.24, 2.45) is 0 Å². The third-order valence-electron chi connectivity index (χ3n) is 2.95. The van der Waals surface area contributed by atoms with E-state index in [1.807, 2.05) is 13.0 Å². The maximum Gasteiger partial charge on any atom is 0.107 e. The third-order valence-corrected chi connectivity index (χ3v) is 2.95. The van der Waals surface area contributed by atoms with Gasteiger partial charge < -0.3 is 5.11 Å². The van der Waals surface area contributed by atoms with Crippen LogP contribution in [0.4, 0.5) is 0 Å². The zero-order valence-electron chi connectivity index (χ0n) is 7.95. The van der Waals surface area contributed by atoms with E-state index in [2.05, 4.69) is 11.1 Å². The Kier molecular flexibility index (Phi) is 2.08. The zero-order chi connectivity index (χ0) is 9.31. The Morgan fingerprint density at radius 2 is 2.46 bits per heavy atom. The Labute approximate surface area is 78.6 Å². The molecule has 1 unspecified atom stereocenters. The van der Waals surface area contributed by atoms with Crippen molar-refractivity contribution in [2.75, 3.05) is 0 Å². The van der Waals surface area contributed by atoms with E-state index in [4.69, 9.17) is 0 Å². The second-order valence-corrected chi connectivity index (χ2v) is 3.75. The van der Waals surface area contributed by atoms with Gasteiger partial charge in [0.15, 0.2) is 0 Å². The fourth-order valence-corrected chi connectivity index (χ4v) is 2.09. The molecular formula is C11H15NO. The first-order valence-electron chi connectivity index (χ1n) is 4.93. The summed E-state index contributed by atoms with van der Waals surface area (Å²) in [5, 5.41) is 10.3. The van der Waals surface area contributed by atoms with Crippen molar-refractivity contribution in [3.8, 4) is 0 Å². The summed E-state index contributed by atoms with van der Waals surface area (Å²) < 4.78 is 0. The number of hydrogen-bond acceptors (Lipinski definition) is 2. The summed E-state index contributed by atoms with van der Waals surface area (Å²) in [5.74, 6) is 0. The fraction of sp³-hybridized carbons (Fsp3) is 0.545. The van der Waals surface area contributed by atoms with E-state index in [1.165, 1.54) is 5.56 Å². The third kappa shape index (κ3) is 1.35. The first-order chi connectivity index (χ1) is 6.26. The molecule has 2 nitrogen and oxygen atoms in total. The van der Waals surface area contributed by atoms with Crippen LogP contribution in [0, 0.1) is 0 Å². The summed E-state index contributed by atoms with van der Waals surface area (Å²) >= 11 is 0. The van der Waals surface area contributed by atoms with Crippen molar-refractivity contribution in [1.82, 2.24) is 4.98 Å². The van der Waals surface area contributed by atoms with E-state index in [0.717, 1.165) is 31.4 Å². The number of rotatable bonds is 1. The average Bonchev–Trinajstić information content (AvgIpc) is 2.19. The highest BCUT2D eigenvalue weighted by molar-refractivity contribution is 5.27. The highest BCUT2D eigenvalue weighted by Crippen LogP contribution is 2.35. The normalized spacial score (nSPS) is 26.9. The fourth-order valence-electron chi connectivity index (χ4n) is 2.09. The Balaban J connectivity index is 2.48. The van der Waals surface area contributed by atoms with Gasteiger partial charge in [0, 0.05) is 6.20 Å². The van der Waals surface area contributed by atoms with Gasteiger partial charge in [-0.3, -0.25) is 4.98 Å². The number of aryl methyl sites for hydroxylation is 1. The summed E-state index contributed by atoms with van der Waals surface area (Å²) in [7, 11) is 0. The second kappa shape index (κ2) is 3.11. The molecule has 1 N–H and O–H groups in total. The van der Waals surface area contributed by atoms with Gasteiger partial charge in [-0.05, 0) is 37.3 Å². The van der Waals surface area contributed by atoms with Crippen molar-refractivity contribution in [2.45, 2.75) is 38.2 Å². The maximum absolute atomic E-state index is 10.3. The van der Waals surface area contributed by atoms with Crippen molar-refractivity contribution < 1.29 is 5.11 Å². The minimum absolute atomic E-state index is 0.658. The van der Waals surface area contributed by atoms with Crippen LogP contribution < -0.4 is 0 Å². The molecule has 1 aliphatic carbocycles. The van der Waals surface area contributed by atoms with Crippen LogP contribution in [0.25, 0.3) is 0 Å². The van der Waals surface area contributed by atoms with E-state index in [9.17, 15) is 5.11 Å². The van der Waals surface area contributed by atoms with E-state index >= 15 is 0 Å². The quantitative estimate of drug-likeness (QED) is 0.711. The number of aliphatic hydroxyl groups is 1. The van der Waals surface area contributed by atoms with E-state index in [-0.39, 0.29) is 0 Å². The van der Waals surface area contributed by atoms with Gasteiger partial charge in [0.25, 0.3) is 0 Å². The number of aromatic nitrogens is 1. The van der Waals surface area contributed by atoms with Gasteiger partial charge in [0.2, 0.25) is 0 Å². The van der Waals surface area contributed by atoms with Gasteiger partial charge >= 0.3 is 0 Å². The van der Waals surface area contributed by atoms with E-state index in [1.54, 1.807) is 6.20 Å². The molecule has 2 heteroatoms. The molecule has 1 aromatic heterocycles. The molecule has 0 bridgehead atoms. The summed E-state index contributed by atoms with van der Waals surface area (Å²) in [6.45, 7) is 2.02. The lowest BCUT2D eigenvalue weighted by atomic mass is 9.81. The Morgan fingerprint density at radius 3 is 3.23 bits per heavy atom. The molecule has 13 heavy (non-hydrogen) atoms. The number of fused-ring (bicyclic) bond motifs is 1. The maximum atomic E-state index is 10.3. The van der Waals surface area contributed by atoms with Gasteiger partial charge in [-0.25, -0.2) is 0 Å². The average molecular weight is 177 g/mol. The van der Waals surface area contributed by atoms with Crippen LogP contribution in [0.5, 0.6) is 0 Å². The predicted octanol–water partition coefficient (Wildman–Crippen LogP) is 2.02. The van der Waals surface area contributed by atoms with Gasteiger partial charge in [0.05, 0.1) is 5.69 Å². The Hall–Kier alpha value is -0.890. The van der Waals surface area contributed by atoms with Crippen LogP contribution in [0.3, 0.4) is 0 Å². The molecule has 0 aromatic carbocycles. The molecule has 0 amide bonds. The van der Waals surface area contributed by atoms with Crippen molar-refractivity contribution in [3.05, 3.63) is 29.6 Å². The van der Waals surface area contributed by atoms with Gasteiger partial charge in [0.1, 0.15) is 5.60 Å². The number of nitrogens with zero attached hydrogens (tertiary/aromatic N) is 1. The Morgan fingerprint density at radius 1 is 1.62 bits per heavy atom. The van der Waals surface area contributed by atoms with Gasteiger partial charge in [-0.15, -0.1) is 0 Å². The SMILES string of the molecule is CCC1(O)CCCc2cccnc21. The molecule has 2 rings (SSSR count). The molecule has 0 spiro atoms. The lowest BCUT2D eigenvalue weighted by Gasteiger charge is -2.32. The molecule has 0 fully saturated rings. The van der Waals surface area contributed by atoms with Crippen LogP contribution in [0.2, 0.25) is 0 Å². The largest absolute Gasteiger partial charge is 0.384 e. The minimum atomic E-state index is -0.658. The summed E-state index contributed by atoms with van der Waals surface area (Å²) in [6.07, 6.45) is 5.52. The van der Waals surface area contributed by atoms with Gasteiger partial charge in [-0.1, -0.05) is 13.0 Å². The van der Waals surface area contributed by atoms with Crippen molar-refractivity contribution in [3.63, 3.8) is 0 Å². The molecule has 1 atom stereocenters. The summed E-state index contributed by atoms with van der Waals surface area (Å²) in [5.41, 5.74) is 1.47. The molecule has 1 aromatic rings. The van der Waals surface area contributed by atoms with E-state index in [0.29, 0.717) is 0 Å². The van der Waals surface area contributed by atoms with Crippen molar-refractivity contribution >= 4 is 0 Å². The summed E-state index contributed by atoms with van der Waals surface area (Å²) in [6, 6.07) is 4.02. The van der Waals surface area contributed by atoms with Gasteiger partial charge in [-0.2, -0.15) is 0 Å². The molecule has 1 aliphatic rings. The number of hydrogen-bond donors (Lipinski definition) is 1. The summed E-state index contributed by atoms with van der Waals surface area (Å²) in [4.78, 5) is 4.29. The van der Waals surface area contributed by atoms with Crippen LogP contribution in [0.15, 0.2) is 18.3 Å². The molecule has 0 saturated heterocycles. The second-order valence-electron chi connectivity index (χ2n) is 3.75. The number of pyridine rings is 1. The zero-order valence-corrected chi connectivity index (χ0v) is 7.95. The van der Waals surface area contributed by atoms with Crippen LogP contribution in [-0.4, -0.2) is 10.1 Å². The molecule has 0 saturated carbocycles. The smallest absolute Gasteiger partial charge is 0.107 e. The Bertz CT molecular complexity index is 311. The molecule has 0 aliphatic heterocycles. The van der Waals surface area contributed by atoms with Crippen LogP contribution in [-0.2, 0) is 12.0 Å². The monoisotopic (exact) mass is 177 g/mol. The first-order valence-corrected chi connectivity index (χ1v) is 4.93. The van der Waals surface area contributed by atoms with Crippen molar-refractivity contribution in [1.29, 1.82) is 0 Å². The van der Waals surface area contributed by atoms with Crippen LogP contribution >= 0.6 is 0 Å². The highest BCUT2D eigenvalue weighted by atomic mass is 16.3. The predicted molar refractivity (Wildman–Crippen MR) is 51.4 cm³/mol. The molecule has 0 radical (unpaired) electrons. The molecule has 1 heterocycles. The topological polar surface area (TPSA) is 33.1 Å². The van der Waals surface area contributed by atoms with E-state index < -0.39 is 5.60 Å². The van der Waals surface area contributed by atoms with Crippen LogP contribution in [0.1, 0.15) is 37.4 Å². The standard InChI is InChI=1S/C11H15NO/c1-2-11(13)7-3-5-9-6-4-8-12-10(9)11/h4,6,8,13H,2-3,5,7H2,1H3. The lowest BCUT2D eigenvalue weighted by Crippen LogP contribution is -2.30.